The quantitative estimate of drug-likeness (QED) is 0.496. The van der Waals surface area contributed by atoms with Gasteiger partial charge in [0.1, 0.15) is 5.75 Å². The molecule has 2 aromatic rings. The van der Waals surface area contributed by atoms with Crippen molar-refractivity contribution in [2.24, 2.45) is 0 Å². The Morgan fingerprint density at radius 2 is 2.05 bits per heavy atom. The highest BCUT2D eigenvalue weighted by atomic mass is 16.6. The molecule has 6 heteroatoms. The Labute approximate surface area is 116 Å². The van der Waals surface area contributed by atoms with Crippen molar-refractivity contribution in [1.29, 1.82) is 0 Å². The molecule has 0 saturated carbocycles. The molecule has 0 spiro atoms. The van der Waals surface area contributed by atoms with Crippen LogP contribution in [0.5, 0.6) is 5.75 Å². The van der Waals surface area contributed by atoms with E-state index in [0.717, 1.165) is 11.3 Å². The number of methoxy groups -OCH3 is 1. The van der Waals surface area contributed by atoms with Gasteiger partial charge in [0.15, 0.2) is 0 Å². The molecule has 0 radical (unpaired) electrons. The molecule has 0 amide bonds. The lowest BCUT2D eigenvalue weighted by atomic mass is 10.2. The molecule has 0 aliphatic rings. The van der Waals surface area contributed by atoms with Gasteiger partial charge in [-0.15, -0.1) is 0 Å². The van der Waals surface area contributed by atoms with E-state index in [0.29, 0.717) is 17.9 Å². The molecule has 2 rings (SSSR count). The molecule has 0 aliphatic heterocycles. The largest absolute Gasteiger partial charge is 0.496 e. The third-order valence-electron chi connectivity index (χ3n) is 2.83. The Hall–Kier alpha value is -2.76. The maximum Gasteiger partial charge on any atom is 0.273 e. The van der Waals surface area contributed by atoms with Crippen molar-refractivity contribution in [1.82, 2.24) is 0 Å². The number of benzene rings is 2. The molecular weight excluding hydrogens is 258 g/mol. The fourth-order valence-electron chi connectivity index (χ4n) is 1.89. The zero-order valence-electron chi connectivity index (χ0n) is 11.0. The lowest BCUT2D eigenvalue weighted by Crippen LogP contribution is -2.03. The van der Waals surface area contributed by atoms with E-state index in [9.17, 15) is 10.1 Å². The average molecular weight is 273 g/mol. The Morgan fingerprint density at radius 3 is 2.75 bits per heavy atom. The van der Waals surface area contributed by atoms with Crippen LogP contribution in [0.15, 0.2) is 42.5 Å². The van der Waals surface area contributed by atoms with E-state index in [4.69, 9.17) is 10.5 Å². The third kappa shape index (κ3) is 3.17. The lowest BCUT2D eigenvalue weighted by molar-refractivity contribution is -0.384. The normalized spacial score (nSPS) is 10.1. The summed E-state index contributed by atoms with van der Waals surface area (Å²) in [7, 11) is 1.60. The van der Waals surface area contributed by atoms with Gasteiger partial charge >= 0.3 is 0 Å². The third-order valence-corrected chi connectivity index (χ3v) is 2.83. The number of ether oxygens (including phenoxy) is 1. The van der Waals surface area contributed by atoms with Gasteiger partial charge in [0.25, 0.3) is 5.69 Å². The number of rotatable bonds is 5. The van der Waals surface area contributed by atoms with Gasteiger partial charge in [-0.1, -0.05) is 18.2 Å². The highest BCUT2D eigenvalue weighted by Gasteiger charge is 2.09. The maximum atomic E-state index is 10.8. The van der Waals surface area contributed by atoms with Gasteiger partial charge in [-0.3, -0.25) is 10.1 Å². The second-order valence-electron chi connectivity index (χ2n) is 4.24. The summed E-state index contributed by atoms with van der Waals surface area (Å²) in [5, 5.41) is 13.9. The number of nitrogens with zero attached hydrogens (tertiary/aromatic N) is 1. The van der Waals surface area contributed by atoms with Crippen molar-refractivity contribution < 1.29 is 9.66 Å². The summed E-state index contributed by atoms with van der Waals surface area (Å²) in [6.07, 6.45) is 0. The van der Waals surface area contributed by atoms with Crippen LogP contribution < -0.4 is 15.8 Å². The fourth-order valence-corrected chi connectivity index (χ4v) is 1.89. The first-order valence-corrected chi connectivity index (χ1v) is 6.01. The van der Waals surface area contributed by atoms with Gasteiger partial charge in [0, 0.05) is 35.6 Å². The van der Waals surface area contributed by atoms with Crippen LogP contribution in [0.3, 0.4) is 0 Å². The van der Waals surface area contributed by atoms with Crippen LogP contribution in [0, 0.1) is 10.1 Å². The van der Waals surface area contributed by atoms with Crippen molar-refractivity contribution in [3.05, 3.63) is 58.1 Å². The van der Waals surface area contributed by atoms with Crippen LogP contribution >= 0.6 is 0 Å². The van der Waals surface area contributed by atoms with Gasteiger partial charge in [-0.2, -0.15) is 0 Å². The minimum absolute atomic E-state index is 0.0347. The Bertz CT molecular complexity index is 629. The lowest BCUT2D eigenvalue weighted by Gasteiger charge is -2.10. The van der Waals surface area contributed by atoms with E-state index in [2.05, 4.69) is 5.32 Å². The molecule has 20 heavy (non-hydrogen) atoms. The zero-order chi connectivity index (χ0) is 14.5. The molecule has 6 nitrogen and oxygen atoms in total. The first-order chi connectivity index (χ1) is 9.60. The number of nitrogen functional groups attached to an aromatic ring is 1. The molecule has 0 heterocycles. The Morgan fingerprint density at radius 1 is 1.30 bits per heavy atom. The van der Waals surface area contributed by atoms with Crippen molar-refractivity contribution in [2.75, 3.05) is 18.2 Å². The summed E-state index contributed by atoms with van der Waals surface area (Å²) in [6.45, 7) is 0.491. The molecule has 0 aliphatic carbocycles. The van der Waals surface area contributed by atoms with Crippen LogP contribution in [0.2, 0.25) is 0 Å². The molecular formula is C14H15N3O3. The number of hydrogen-bond acceptors (Lipinski definition) is 5. The summed E-state index contributed by atoms with van der Waals surface area (Å²) >= 11 is 0. The minimum atomic E-state index is -0.468. The highest BCUT2D eigenvalue weighted by Crippen LogP contribution is 2.24. The number of nitrogens with one attached hydrogen (secondary N) is 1. The molecule has 0 unspecified atom stereocenters. The van der Waals surface area contributed by atoms with E-state index in [1.807, 2.05) is 24.3 Å². The molecule has 0 bridgehead atoms. The van der Waals surface area contributed by atoms with E-state index in [-0.39, 0.29) is 5.69 Å². The van der Waals surface area contributed by atoms with Crippen molar-refractivity contribution in [2.45, 2.75) is 6.54 Å². The molecule has 104 valence electrons. The zero-order valence-corrected chi connectivity index (χ0v) is 11.0. The Kier molecular flexibility index (Phi) is 4.05. The molecule has 3 N–H and O–H groups in total. The SMILES string of the molecule is COc1ccccc1CNc1cc(N)cc([N+](=O)[O-])c1. The number of nitro groups is 1. The predicted octanol–water partition coefficient (Wildman–Crippen LogP) is 2.80. The predicted molar refractivity (Wildman–Crippen MR) is 77.8 cm³/mol. The van der Waals surface area contributed by atoms with E-state index in [1.165, 1.54) is 12.1 Å². The Balaban J connectivity index is 2.16. The van der Waals surface area contributed by atoms with Gasteiger partial charge in [-0.05, 0) is 12.1 Å². The molecule has 0 saturated heterocycles. The van der Waals surface area contributed by atoms with E-state index >= 15 is 0 Å². The smallest absolute Gasteiger partial charge is 0.273 e. The van der Waals surface area contributed by atoms with E-state index in [1.54, 1.807) is 13.2 Å². The first kappa shape index (κ1) is 13.7. The van der Waals surface area contributed by atoms with Crippen LogP contribution in [0.1, 0.15) is 5.56 Å². The highest BCUT2D eigenvalue weighted by molar-refractivity contribution is 5.61. The van der Waals surface area contributed by atoms with Gasteiger partial charge in [0.05, 0.1) is 12.0 Å². The van der Waals surface area contributed by atoms with E-state index < -0.39 is 4.92 Å². The van der Waals surface area contributed by atoms with Crippen molar-refractivity contribution >= 4 is 17.1 Å². The fraction of sp³-hybridized carbons (Fsp3) is 0.143. The first-order valence-electron chi connectivity index (χ1n) is 6.01. The van der Waals surface area contributed by atoms with Crippen molar-refractivity contribution in [3.8, 4) is 5.75 Å². The summed E-state index contributed by atoms with van der Waals surface area (Å²) in [5.41, 5.74) is 7.53. The number of nitrogens with two attached hydrogens (primary N) is 1. The summed E-state index contributed by atoms with van der Waals surface area (Å²) in [5.74, 6) is 0.762. The number of para-hydroxylation sites is 1. The molecule has 0 atom stereocenters. The maximum absolute atomic E-state index is 10.8. The molecule has 0 fully saturated rings. The van der Waals surface area contributed by atoms with Gasteiger partial charge in [-0.25, -0.2) is 0 Å². The second kappa shape index (κ2) is 5.92. The standard InChI is InChI=1S/C14H15N3O3/c1-20-14-5-3-2-4-10(14)9-16-12-6-11(15)7-13(8-12)17(18)19/h2-8,16H,9,15H2,1H3. The monoisotopic (exact) mass is 273 g/mol. The van der Waals surface area contributed by atoms with Crippen molar-refractivity contribution in [3.63, 3.8) is 0 Å². The number of hydrogen-bond donors (Lipinski definition) is 2. The molecule has 0 aromatic heterocycles. The van der Waals surface area contributed by atoms with Crippen LogP contribution in [-0.4, -0.2) is 12.0 Å². The van der Waals surface area contributed by atoms with Crippen LogP contribution in [0.4, 0.5) is 17.1 Å². The van der Waals surface area contributed by atoms with Gasteiger partial charge in [0.2, 0.25) is 0 Å². The summed E-state index contributed by atoms with van der Waals surface area (Å²) in [4.78, 5) is 10.3. The van der Waals surface area contributed by atoms with Crippen LogP contribution in [0.25, 0.3) is 0 Å². The molecule has 2 aromatic carbocycles. The van der Waals surface area contributed by atoms with Crippen LogP contribution in [-0.2, 0) is 6.54 Å². The average Bonchev–Trinajstić information content (AvgIpc) is 2.44. The number of nitro benzene ring substituents is 1. The second-order valence-corrected chi connectivity index (χ2v) is 4.24. The number of non-ortho nitro benzene ring substituents is 1. The van der Waals surface area contributed by atoms with Gasteiger partial charge < -0.3 is 15.8 Å². The summed E-state index contributed by atoms with van der Waals surface area (Å²) in [6, 6.07) is 12.0. The topological polar surface area (TPSA) is 90.4 Å². The minimum Gasteiger partial charge on any atom is -0.496 e. The number of anilines is 2. The summed E-state index contributed by atoms with van der Waals surface area (Å²) < 4.78 is 5.25.